The Morgan fingerprint density at radius 1 is 1.40 bits per heavy atom. The fraction of sp³-hybridized carbons (Fsp3) is 0.733. The molecule has 3 rings (SSSR count). The Bertz CT molecular complexity index is 475. The van der Waals surface area contributed by atoms with E-state index in [0.29, 0.717) is 12.5 Å². The molecule has 0 radical (unpaired) electrons. The van der Waals surface area contributed by atoms with Crippen LogP contribution in [-0.4, -0.2) is 42.1 Å². The van der Waals surface area contributed by atoms with E-state index in [4.69, 9.17) is 4.74 Å². The number of carbonyl (C=O) groups is 1. The predicted octanol–water partition coefficient (Wildman–Crippen LogP) is 2.50. The standard InChI is InChI=1S/C15H22N2O2S/c1-10-11(2)20-14(16-10)12-4-3-6-17(8-12)15(18)13-5-7-19-9-13/h12-13H,3-9H2,1-2H3/t12-,13+/m0/s1. The highest BCUT2D eigenvalue weighted by atomic mass is 32.1. The highest BCUT2D eigenvalue weighted by molar-refractivity contribution is 7.11. The van der Waals surface area contributed by atoms with Crippen molar-refractivity contribution in [2.75, 3.05) is 26.3 Å². The minimum absolute atomic E-state index is 0.0912. The number of aryl methyl sites for hydroxylation is 2. The van der Waals surface area contributed by atoms with E-state index in [2.05, 4.69) is 18.8 Å². The van der Waals surface area contributed by atoms with Gasteiger partial charge in [-0.15, -0.1) is 11.3 Å². The average molecular weight is 294 g/mol. The molecule has 0 aromatic carbocycles. The molecule has 110 valence electrons. The minimum atomic E-state index is 0.0912. The third-order valence-corrected chi connectivity index (χ3v) is 5.64. The normalized spacial score (nSPS) is 27.0. The second kappa shape index (κ2) is 5.82. The zero-order valence-corrected chi connectivity index (χ0v) is 13.0. The molecular weight excluding hydrogens is 272 g/mol. The SMILES string of the molecule is Cc1nc([C@H]2CCCN(C(=O)[C@@H]3CCOC3)C2)sc1C. The summed E-state index contributed by atoms with van der Waals surface area (Å²) in [6, 6.07) is 0. The van der Waals surface area contributed by atoms with Crippen LogP contribution in [0.3, 0.4) is 0 Å². The first kappa shape index (κ1) is 14.0. The molecule has 1 aromatic rings. The fourth-order valence-corrected chi connectivity index (χ4v) is 4.09. The molecule has 0 aliphatic carbocycles. The number of piperidine rings is 1. The Morgan fingerprint density at radius 2 is 2.25 bits per heavy atom. The Balaban J connectivity index is 1.68. The van der Waals surface area contributed by atoms with Crippen molar-refractivity contribution < 1.29 is 9.53 Å². The number of thiazole rings is 1. The first-order valence-corrected chi connectivity index (χ1v) is 8.27. The van der Waals surface area contributed by atoms with Crippen molar-refractivity contribution in [2.45, 2.75) is 39.0 Å². The third kappa shape index (κ3) is 2.74. The number of rotatable bonds is 2. The molecule has 1 amide bonds. The Kier molecular flexibility index (Phi) is 4.08. The van der Waals surface area contributed by atoms with Crippen LogP contribution in [0, 0.1) is 19.8 Å². The highest BCUT2D eigenvalue weighted by Gasteiger charge is 2.32. The molecule has 2 aliphatic rings. The maximum atomic E-state index is 12.5. The molecular formula is C15H22N2O2S. The van der Waals surface area contributed by atoms with Gasteiger partial charge in [0.15, 0.2) is 0 Å². The van der Waals surface area contributed by atoms with Gasteiger partial charge >= 0.3 is 0 Å². The number of ether oxygens (including phenoxy) is 1. The van der Waals surface area contributed by atoms with Gasteiger partial charge in [-0.05, 0) is 33.1 Å². The van der Waals surface area contributed by atoms with Crippen LogP contribution in [0.1, 0.15) is 40.8 Å². The number of carbonyl (C=O) groups excluding carboxylic acids is 1. The second-order valence-electron chi connectivity index (χ2n) is 5.88. The van der Waals surface area contributed by atoms with Crippen molar-refractivity contribution in [3.8, 4) is 0 Å². The molecule has 2 fully saturated rings. The van der Waals surface area contributed by atoms with Crippen molar-refractivity contribution in [3.63, 3.8) is 0 Å². The maximum Gasteiger partial charge on any atom is 0.228 e. The maximum absolute atomic E-state index is 12.5. The van der Waals surface area contributed by atoms with Gasteiger partial charge in [0.2, 0.25) is 5.91 Å². The first-order chi connectivity index (χ1) is 9.65. The van der Waals surface area contributed by atoms with E-state index in [0.717, 1.165) is 44.7 Å². The zero-order valence-electron chi connectivity index (χ0n) is 12.2. The van der Waals surface area contributed by atoms with E-state index in [1.165, 1.54) is 9.88 Å². The second-order valence-corrected chi connectivity index (χ2v) is 7.11. The topological polar surface area (TPSA) is 42.4 Å². The lowest BCUT2D eigenvalue weighted by molar-refractivity contribution is -0.136. The first-order valence-electron chi connectivity index (χ1n) is 7.45. The summed E-state index contributed by atoms with van der Waals surface area (Å²) in [5.41, 5.74) is 1.14. The van der Waals surface area contributed by atoms with E-state index in [-0.39, 0.29) is 11.8 Å². The van der Waals surface area contributed by atoms with Crippen LogP contribution in [0.5, 0.6) is 0 Å². The average Bonchev–Trinajstić information content (AvgIpc) is 3.09. The van der Waals surface area contributed by atoms with Crippen LogP contribution in [0.2, 0.25) is 0 Å². The molecule has 3 heterocycles. The Labute approximate surface area is 124 Å². The number of aromatic nitrogens is 1. The molecule has 20 heavy (non-hydrogen) atoms. The van der Waals surface area contributed by atoms with Crippen LogP contribution >= 0.6 is 11.3 Å². The molecule has 0 spiro atoms. The highest BCUT2D eigenvalue weighted by Crippen LogP contribution is 2.32. The summed E-state index contributed by atoms with van der Waals surface area (Å²) in [5, 5.41) is 1.21. The van der Waals surface area contributed by atoms with Crippen molar-refractivity contribution in [2.24, 2.45) is 5.92 Å². The fourth-order valence-electron chi connectivity index (χ4n) is 3.04. The van der Waals surface area contributed by atoms with E-state index >= 15 is 0 Å². The predicted molar refractivity (Wildman–Crippen MR) is 79.1 cm³/mol. The summed E-state index contributed by atoms with van der Waals surface area (Å²) < 4.78 is 5.34. The summed E-state index contributed by atoms with van der Waals surface area (Å²) in [6.45, 7) is 7.26. The van der Waals surface area contributed by atoms with Crippen LogP contribution < -0.4 is 0 Å². The van der Waals surface area contributed by atoms with Crippen LogP contribution in [0.15, 0.2) is 0 Å². The van der Waals surface area contributed by atoms with Crippen LogP contribution in [-0.2, 0) is 9.53 Å². The molecule has 0 N–H and O–H groups in total. The number of hydrogen-bond donors (Lipinski definition) is 0. The van der Waals surface area contributed by atoms with E-state index in [1.54, 1.807) is 11.3 Å². The molecule has 1 aromatic heterocycles. The van der Waals surface area contributed by atoms with E-state index in [1.807, 2.05) is 4.90 Å². The van der Waals surface area contributed by atoms with Gasteiger partial charge in [0.05, 0.1) is 23.2 Å². The number of hydrogen-bond acceptors (Lipinski definition) is 4. The molecule has 0 bridgehead atoms. The summed E-state index contributed by atoms with van der Waals surface area (Å²) in [5.74, 6) is 0.804. The Hall–Kier alpha value is -0.940. The monoisotopic (exact) mass is 294 g/mol. The molecule has 0 saturated carbocycles. The van der Waals surface area contributed by atoms with Crippen LogP contribution in [0.4, 0.5) is 0 Å². The molecule has 4 nitrogen and oxygen atoms in total. The van der Waals surface area contributed by atoms with E-state index < -0.39 is 0 Å². The summed E-state index contributed by atoms with van der Waals surface area (Å²) in [6.07, 6.45) is 3.12. The summed E-state index contributed by atoms with van der Waals surface area (Å²) in [7, 11) is 0. The smallest absolute Gasteiger partial charge is 0.228 e. The molecule has 0 unspecified atom stereocenters. The summed E-state index contributed by atoms with van der Waals surface area (Å²) in [4.78, 5) is 20.5. The van der Waals surface area contributed by atoms with Gasteiger partial charge in [-0.1, -0.05) is 0 Å². The van der Waals surface area contributed by atoms with Gasteiger partial charge in [-0.25, -0.2) is 4.98 Å². The molecule has 5 heteroatoms. The van der Waals surface area contributed by atoms with Crippen molar-refractivity contribution in [1.82, 2.24) is 9.88 Å². The number of amides is 1. The van der Waals surface area contributed by atoms with Crippen molar-refractivity contribution in [1.29, 1.82) is 0 Å². The van der Waals surface area contributed by atoms with Gasteiger partial charge in [-0.3, -0.25) is 4.79 Å². The molecule has 2 aliphatic heterocycles. The van der Waals surface area contributed by atoms with Gasteiger partial charge in [0.25, 0.3) is 0 Å². The van der Waals surface area contributed by atoms with Crippen LogP contribution in [0.25, 0.3) is 0 Å². The zero-order chi connectivity index (χ0) is 14.1. The van der Waals surface area contributed by atoms with Gasteiger partial charge < -0.3 is 9.64 Å². The quantitative estimate of drug-likeness (QED) is 0.841. The molecule has 2 saturated heterocycles. The van der Waals surface area contributed by atoms with E-state index in [9.17, 15) is 4.79 Å². The third-order valence-electron chi connectivity index (χ3n) is 4.41. The summed E-state index contributed by atoms with van der Waals surface area (Å²) >= 11 is 1.79. The number of nitrogens with zero attached hydrogens (tertiary/aromatic N) is 2. The number of likely N-dealkylation sites (tertiary alicyclic amines) is 1. The lowest BCUT2D eigenvalue weighted by Crippen LogP contribution is -2.42. The lowest BCUT2D eigenvalue weighted by Gasteiger charge is -2.33. The van der Waals surface area contributed by atoms with Crippen molar-refractivity contribution in [3.05, 3.63) is 15.6 Å². The minimum Gasteiger partial charge on any atom is -0.381 e. The Morgan fingerprint density at radius 3 is 2.90 bits per heavy atom. The van der Waals surface area contributed by atoms with Gasteiger partial charge in [-0.2, -0.15) is 0 Å². The van der Waals surface area contributed by atoms with Gasteiger partial charge in [0, 0.05) is 30.5 Å². The lowest BCUT2D eigenvalue weighted by atomic mass is 9.97. The van der Waals surface area contributed by atoms with Crippen molar-refractivity contribution >= 4 is 17.2 Å². The largest absolute Gasteiger partial charge is 0.381 e. The molecule has 2 atom stereocenters. The van der Waals surface area contributed by atoms with Gasteiger partial charge in [0.1, 0.15) is 0 Å².